The van der Waals surface area contributed by atoms with E-state index >= 15 is 0 Å². The molecule has 1 aliphatic rings. The van der Waals surface area contributed by atoms with E-state index in [1.807, 2.05) is 6.92 Å². The molecule has 1 fully saturated rings. The van der Waals surface area contributed by atoms with Gasteiger partial charge in [0.1, 0.15) is 11.6 Å². The van der Waals surface area contributed by atoms with Crippen molar-refractivity contribution < 1.29 is 13.9 Å². The molecule has 106 valence electrons. The zero-order valence-corrected chi connectivity index (χ0v) is 11.6. The number of methoxy groups -OCH3 is 1. The number of hydrogen-bond acceptors (Lipinski definition) is 3. The Morgan fingerprint density at radius 3 is 2.95 bits per heavy atom. The van der Waals surface area contributed by atoms with Gasteiger partial charge >= 0.3 is 0 Å². The van der Waals surface area contributed by atoms with Gasteiger partial charge < -0.3 is 14.8 Å². The van der Waals surface area contributed by atoms with Crippen molar-refractivity contribution in [2.24, 2.45) is 0 Å². The Morgan fingerprint density at radius 1 is 1.47 bits per heavy atom. The Bertz CT molecular complexity index is 405. The fourth-order valence-electron chi connectivity index (χ4n) is 2.37. The molecule has 3 nitrogen and oxygen atoms in total. The molecule has 0 aliphatic carbocycles. The largest absolute Gasteiger partial charge is 0.497 e. The summed E-state index contributed by atoms with van der Waals surface area (Å²) >= 11 is 0. The van der Waals surface area contributed by atoms with Crippen LogP contribution in [-0.2, 0) is 4.74 Å². The molecule has 1 heterocycles. The number of halogens is 1. The van der Waals surface area contributed by atoms with Gasteiger partial charge in [0.25, 0.3) is 0 Å². The summed E-state index contributed by atoms with van der Waals surface area (Å²) in [5.41, 5.74) is 0.664. The highest BCUT2D eigenvalue weighted by Gasteiger charge is 2.16. The summed E-state index contributed by atoms with van der Waals surface area (Å²) in [7, 11) is 1.54. The maximum atomic E-state index is 13.9. The van der Waals surface area contributed by atoms with Crippen LogP contribution in [0.25, 0.3) is 0 Å². The molecule has 0 amide bonds. The second kappa shape index (κ2) is 6.87. The van der Waals surface area contributed by atoms with Gasteiger partial charge in [0.15, 0.2) is 0 Å². The third kappa shape index (κ3) is 3.91. The Morgan fingerprint density at radius 2 is 2.32 bits per heavy atom. The first-order valence-electron chi connectivity index (χ1n) is 6.89. The highest BCUT2D eigenvalue weighted by molar-refractivity contribution is 5.30. The number of ether oxygens (including phenoxy) is 2. The molecular formula is C15H22FNO2. The Kier molecular flexibility index (Phi) is 5.16. The SMILES string of the molecule is COc1ccc(C(C)NCC2CCCCO2)c(F)c1. The van der Waals surface area contributed by atoms with Gasteiger partial charge in [0.05, 0.1) is 13.2 Å². The Balaban J connectivity index is 1.89. The number of rotatable bonds is 5. The van der Waals surface area contributed by atoms with Gasteiger partial charge in [-0.3, -0.25) is 0 Å². The lowest BCUT2D eigenvalue weighted by Crippen LogP contribution is -2.33. The fraction of sp³-hybridized carbons (Fsp3) is 0.600. The van der Waals surface area contributed by atoms with Crippen molar-refractivity contribution in [3.05, 3.63) is 29.6 Å². The molecule has 0 saturated carbocycles. The van der Waals surface area contributed by atoms with E-state index < -0.39 is 0 Å². The molecule has 0 bridgehead atoms. The third-order valence-corrected chi connectivity index (χ3v) is 3.60. The molecule has 2 atom stereocenters. The Labute approximate surface area is 114 Å². The lowest BCUT2D eigenvalue weighted by Gasteiger charge is -2.25. The minimum absolute atomic E-state index is 0.0311. The molecule has 0 radical (unpaired) electrons. The summed E-state index contributed by atoms with van der Waals surface area (Å²) in [5.74, 6) is 0.313. The van der Waals surface area contributed by atoms with Gasteiger partial charge in [-0.1, -0.05) is 6.07 Å². The predicted octanol–water partition coefficient (Wildman–Crippen LogP) is 3.05. The van der Waals surface area contributed by atoms with Crippen molar-refractivity contribution in [3.8, 4) is 5.75 Å². The molecule has 2 rings (SSSR count). The quantitative estimate of drug-likeness (QED) is 0.889. The van der Waals surface area contributed by atoms with Crippen LogP contribution < -0.4 is 10.1 Å². The summed E-state index contributed by atoms with van der Waals surface area (Å²) in [5, 5.41) is 3.34. The smallest absolute Gasteiger partial charge is 0.131 e. The zero-order valence-electron chi connectivity index (χ0n) is 11.6. The molecular weight excluding hydrogens is 245 g/mol. The lowest BCUT2D eigenvalue weighted by molar-refractivity contribution is 0.0156. The summed E-state index contributed by atoms with van der Waals surface area (Å²) < 4.78 is 24.6. The first-order chi connectivity index (χ1) is 9.20. The summed E-state index contributed by atoms with van der Waals surface area (Å²) in [6, 6.07) is 4.95. The van der Waals surface area contributed by atoms with Crippen molar-refractivity contribution in [2.45, 2.75) is 38.3 Å². The van der Waals surface area contributed by atoms with Crippen LogP contribution in [0.4, 0.5) is 4.39 Å². The molecule has 1 aromatic carbocycles. The second-order valence-electron chi connectivity index (χ2n) is 5.01. The summed E-state index contributed by atoms with van der Waals surface area (Å²) in [4.78, 5) is 0. The molecule has 1 aliphatic heterocycles. The third-order valence-electron chi connectivity index (χ3n) is 3.60. The normalized spacial score (nSPS) is 21.1. The molecule has 19 heavy (non-hydrogen) atoms. The number of nitrogens with one attached hydrogen (secondary N) is 1. The van der Waals surface area contributed by atoms with E-state index in [2.05, 4.69) is 5.32 Å². The van der Waals surface area contributed by atoms with Gasteiger partial charge in [0.2, 0.25) is 0 Å². The van der Waals surface area contributed by atoms with Gasteiger partial charge in [-0.2, -0.15) is 0 Å². The van der Waals surface area contributed by atoms with E-state index in [1.54, 1.807) is 12.1 Å². The summed E-state index contributed by atoms with van der Waals surface area (Å²) in [6.45, 7) is 3.58. The van der Waals surface area contributed by atoms with Crippen LogP contribution in [0.2, 0.25) is 0 Å². The monoisotopic (exact) mass is 267 g/mol. The van der Waals surface area contributed by atoms with E-state index in [0.29, 0.717) is 11.3 Å². The molecule has 1 aromatic rings. The summed E-state index contributed by atoms with van der Waals surface area (Å²) in [6.07, 6.45) is 3.72. The first kappa shape index (κ1) is 14.3. The average molecular weight is 267 g/mol. The molecule has 1 saturated heterocycles. The number of benzene rings is 1. The van der Waals surface area contributed by atoms with E-state index in [1.165, 1.54) is 19.6 Å². The van der Waals surface area contributed by atoms with Crippen molar-refractivity contribution in [1.82, 2.24) is 5.32 Å². The van der Waals surface area contributed by atoms with Gasteiger partial charge in [0, 0.05) is 30.8 Å². The van der Waals surface area contributed by atoms with Crippen molar-refractivity contribution in [1.29, 1.82) is 0 Å². The van der Waals surface area contributed by atoms with Crippen LogP contribution in [0, 0.1) is 5.82 Å². The van der Waals surface area contributed by atoms with E-state index in [9.17, 15) is 4.39 Å². The van der Waals surface area contributed by atoms with Crippen LogP contribution in [-0.4, -0.2) is 26.4 Å². The molecule has 0 aromatic heterocycles. The zero-order chi connectivity index (χ0) is 13.7. The highest BCUT2D eigenvalue weighted by atomic mass is 19.1. The predicted molar refractivity (Wildman–Crippen MR) is 73.0 cm³/mol. The van der Waals surface area contributed by atoms with Crippen LogP contribution >= 0.6 is 0 Å². The maximum absolute atomic E-state index is 13.9. The van der Waals surface area contributed by atoms with Crippen LogP contribution in [0.1, 0.15) is 37.8 Å². The Hall–Kier alpha value is -1.13. The van der Waals surface area contributed by atoms with Gasteiger partial charge in [-0.05, 0) is 32.3 Å². The maximum Gasteiger partial charge on any atom is 0.131 e. The molecule has 0 spiro atoms. The highest BCUT2D eigenvalue weighted by Crippen LogP contribution is 2.22. The van der Waals surface area contributed by atoms with Gasteiger partial charge in [-0.25, -0.2) is 4.39 Å². The standard InChI is InChI=1S/C15H22FNO2/c1-11(17-10-13-5-3-4-8-19-13)14-7-6-12(18-2)9-15(14)16/h6-7,9,11,13,17H,3-5,8,10H2,1-2H3. The lowest BCUT2D eigenvalue weighted by atomic mass is 10.1. The van der Waals surface area contributed by atoms with Crippen LogP contribution in [0.5, 0.6) is 5.75 Å². The fourth-order valence-corrected chi connectivity index (χ4v) is 2.37. The first-order valence-corrected chi connectivity index (χ1v) is 6.89. The van der Waals surface area contributed by atoms with Crippen LogP contribution in [0.3, 0.4) is 0 Å². The minimum atomic E-state index is -0.232. The van der Waals surface area contributed by atoms with Crippen molar-refractivity contribution >= 4 is 0 Å². The molecule has 1 N–H and O–H groups in total. The number of hydrogen-bond donors (Lipinski definition) is 1. The average Bonchev–Trinajstić information content (AvgIpc) is 2.45. The topological polar surface area (TPSA) is 30.5 Å². The van der Waals surface area contributed by atoms with Crippen molar-refractivity contribution in [3.63, 3.8) is 0 Å². The van der Waals surface area contributed by atoms with E-state index in [0.717, 1.165) is 26.0 Å². The van der Waals surface area contributed by atoms with Crippen molar-refractivity contribution in [2.75, 3.05) is 20.3 Å². The van der Waals surface area contributed by atoms with Gasteiger partial charge in [-0.15, -0.1) is 0 Å². The minimum Gasteiger partial charge on any atom is -0.497 e. The molecule has 2 unspecified atom stereocenters. The molecule has 4 heteroatoms. The second-order valence-corrected chi connectivity index (χ2v) is 5.01. The van der Waals surface area contributed by atoms with E-state index in [4.69, 9.17) is 9.47 Å². The van der Waals surface area contributed by atoms with Crippen LogP contribution in [0.15, 0.2) is 18.2 Å². The van der Waals surface area contributed by atoms with E-state index in [-0.39, 0.29) is 18.0 Å².